The molecule has 84 valence electrons. The summed E-state index contributed by atoms with van der Waals surface area (Å²) in [6, 6.07) is 3.19. The Morgan fingerprint density at radius 3 is 2.60 bits per heavy atom. The van der Waals surface area contributed by atoms with Gasteiger partial charge in [0, 0.05) is 0 Å². The van der Waals surface area contributed by atoms with Crippen molar-refractivity contribution in [3.05, 3.63) is 17.7 Å². The maximum Gasteiger partial charge on any atom is 0.200 e. The molecule has 1 aromatic rings. The topological polar surface area (TPSA) is 49.7 Å². The number of hydrogen-bond acceptors (Lipinski definition) is 3. The van der Waals surface area contributed by atoms with Crippen molar-refractivity contribution in [2.45, 2.75) is 33.1 Å². The van der Waals surface area contributed by atoms with Gasteiger partial charge in [-0.15, -0.1) is 0 Å². The monoisotopic (exact) mass is 210 g/mol. The van der Waals surface area contributed by atoms with Crippen molar-refractivity contribution < 1.29 is 14.9 Å². The number of phenols is 2. The van der Waals surface area contributed by atoms with Gasteiger partial charge >= 0.3 is 0 Å². The van der Waals surface area contributed by atoms with Gasteiger partial charge in [-0.05, 0) is 25.0 Å². The van der Waals surface area contributed by atoms with Gasteiger partial charge in [0.25, 0.3) is 0 Å². The molecule has 0 radical (unpaired) electrons. The molecule has 3 heteroatoms. The molecule has 15 heavy (non-hydrogen) atoms. The molecule has 0 bridgehead atoms. The largest absolute Gasteiger partial charge is 0.504 e. The highest BCUT2D eigenvalue weighted by atomic mass is 16.5. The van der Waals surface area contributed by atoms with Gasteiger partial charge in [0.1, 0.15) is 0 Å². The van der Waals surface area contributed by atoms with E-state index in [-0.39, 0.29) is 11.5 Å². The predicted molar refractivity (Wildman–Crippen MR) is 59.5 cm³/mol. The summed E-state index contributed by atoms with van der Waals surface area (Å²) in [5.74, 6) is 0.101. The summed E-state index contributed by atoms with van der Waals surface area (Å²) < 4.78 is 5.44. The Balaban J connectivity index is 2.63. The molecule has 0 amide bonds. The Morgan fingerprint density at radius 2 is 1.93 bits per heavy atom. The number of aryl methyl sites for hydroxylation is 1. The minimum Gasteiger partial charge on any atom is -0.504 e. The van der Waals surface area contributed by atoms with E-state index in [0.717, 1.165) is 24.8 Å². The van der Waals surface area contributed by atoms with Crippen LogP contribution >= 0.6 is 0 Å². The quantitative estimate of drug-likeness (QED) is 0.580. The van der Waals surface area contributed by atoms with Crippen LogP contribution in [0.5, 0.6) is 17.2 Å². The zero-order chi connectivity index (χ0) is 11.3. The second-order valence-corrected chi connectivity index (χ2v) is 3.63. The van der Waals surface area contributed by atoms with Gasteiger partial charge < -0.3 is 14.9 Å². The van der Waals surface area contributed by atoms with Crippen molar-refractivity contribution in [3.8, 4) is 17.2 Å². The normalized spacial score (nSPS) is 10.3. The first-order chi connectivity index (χ1) is 7.16. The van der Waals surface area contributed by atoms with E-state index >= 15 is 0 Å². The molecule has 0 spiro atoms. The standard InChI is InChI=1S/C12H18O3/c1-3-4-5-8-15-12-9(2)6-7-10(13)11(12)14/h6-7,13-14H,3-5,8H2,1-2H3. The van der Waals surface area contributed by atoms with Crippen molar-refractivity contribution in [2.24, 2.45) is 0 Å². The highest BCUT2D eigenvalue weighted by molar-refractivity contribution is 5.53. The number of unbranched alkanes of at least 4 members (excludes halogenated alkanes) is 2. The lowest BCUT2D eigenvalue weighted by molar-refractivity contribution is 0.282. The van der Waals surface area contributed by atoms with Crippen LogP contribution in [0.15, 0.2) is 12.1 Å². The smallest absolute Gasteiger partial charge is 0.200 e. The number of hydrogen-bond donors (Lipinski definition) is 2. The molecule has 1 rings (SSSR count). The van der Waals surface area contributed by atoms with E-state index < -0.39 is 0 Å². The summed E-state index contributed by atoms with van der Waals surface area (Å²) in [6.07, 6.45) is 3.21. The van der Waals surface area contributed by atoms with Crippen LogP contribution in [-0.4, -0.2) is 16.8 Å². The number of rotatable bonds is 5. The third-order valence-corrected chi connectivity index (χ3v) is 2.30. The lowest BCUT2D eigenvalue weighted by atomic mass is 10.2. The molecular weight excluding hydrogens is 192 g/mol. The molecular formula is C12H18O3. The summed E-state index contributed by atoms with van der Waals surface area (Å²) in [5, 5.41) is 18.9. The second-order valence-electron chi connectivity index (χ2n) is 3.63. The van der Waals surface area contributed by atoms with E-state index in [2.05, 4.69) is 6.92 Å². The number of phenolic OH excluding ortho intramolecular Hbond substituents is 2. The highest BCUT2D eigenvalue weighted by Gasteiger charge is 2.10. The first-order valence-electron chi connectivity index (χ1n) is 5.31. The molecule has 1 aromatic carbocycles. The van der Waals surface area contributed by atoms with Gasteiger partial charge in [0.2, 0.25) is 5.75 Å². The fraction of sp³-hybridized carbons (Fsp3) is 0.500. The molecule has 0 saturated carbocycles. The predicted octanol–water partition coefficient (Wildman–Crippen LogP) is 2.98. The van der Waals surface area contributed by atoms with E-state index in [1.165, 1.54) is 6.07 Å². The average Bonchev–Trinajstić information content (AvgIpc) is 2.23. The molecule has 0 fully saturated rings. The van der Waals surface area contributed by atoms with Gasteiger partial charge in [-0.2, -0.15) is 0 Å². The van der Waals surface area contributed by atoms with E-state index in [0.29, 0.717) is 12.4 Å². The van der Waals surface area contributed by atoms with Crippen LogP contribution in [0.4, 0.5) is 0 Å². The third-order valence-electron chi connectivity index (χ3n) is 2.30. The van der Waals surface area contributed by atoms with Crippen molar-refractivity contribution in [3.63, 3.8) is 0 Å². The maximum atomic E-state index is 9.56. The molecule has 0 unspecified atom stereocenters. The molecule has 0 aliphatic carbocycles. The summed E-state index contributed by atoms with van der Waals surface area (Å²) in [5.41, 5.74) is 0.835. The average molecular weight is 210 g/mol. The zero-order valence-electron chi connectivity index (χ0n) is 9.29. The Labute approximate surface area is 90.3 Å². The van der Waals surface area contributed by atoms with E-state index in [9.17, 15) is 10.2 Å². The lowest BCUT2D eigenvalue weighted by Gasteiger charge is -2.11. The molecule has 2 N–H and O–H groups in total. The Morgan fingerprint density at radius 1 is 1.20 bits per heavy atom. The summed E-state index contributed by atoms with van der Waals surface area (Å²) in [4.78, 5) is 0. The fourth-order valence-electron chi connectivity index (χ4n) is 1.37. The number of ether oxygens (including phenoxy) is 1. The summed E-state index contributed by atoms with van der Waals surface area (Å²) in [6.45, 7) is 4.54. The van der Waals surface area contributed by atoms with E-state index in [1.54, 1.807) is 6.07 Å². The first kappa shape index (κ1) is 11.7. The first-order valence-corrected chi connectivity index (χ1v) is 5.31. The third kappa shape index (κ3) is 3.05. The van der Waals surface area contributed by atoms with Gasteiger partial charge in [-0.1, -0.05) is 25.8 Å². The molecule has 0 atom stereocenters. The Bertz CT molecular complexity index is 321. The van der Waals surface area contributed by atoms with Crippen LogP contribution < -0.4 is 4.74 Å². The van der Waals surface area contributed by atoms with Crippen LogP contribution in [0.25, 0.3) is 0 Å². The van der Waals surface area contributed by atoms with Gasteiger partial charge in [0.05, 0.1) is 6.61 Å². The highest BCUT2D eigenvalue weighted by Crippen LogP contribution is 2.37. The SMILES string of the molecule is CCCCCOc1c(C)ccc(O)c1O. The lowest BCUT2D eigenvalue weighted by Crippen LogP contribution is -1.99. The van der Waals surface area contributed by atoms with Crippen molar-refractivity contribution in [1.82, 2.24) is 0 Å². The van der Waals surface area contributed by atoms with Gasteiger partial charge in [-0.3, -0.25) is 0 Å². The molecule has 0 aromatic heterocycles. The summed E-state index contributed by atoms with van der Waals surface area (Å²) in [7, 11) is 0. The molecule has 0 aliphatic rings. The maximum absolute atomic E-state index is 9.56. The van der Waals surface area contributed by atoms with Crippen LogP contribution in [-0.2, 0) is 0 Å². The van der Waals surface area contributed by atoms with Crippen LogP contribution in [0.1, 0.15) is 31.7 Å². The minimum atomic E-state index is -0.161. The van der Waals surface area contributed by atoms with Crippen molar-refractivity contribution in [2.75, 3.05) is 6.61 Å². The molecule has 3 nitrogen and oxygen atoms in total. The number of aromatic hydroxyl groups is 2. The van der Waals surface area contributed by atoms with Crippen LogP contribution in [0.2, 0.25) is 0 Å². The number of benzene rings is 1. The summed E-state index contributed by atoms with van der Waals surface area (Å²) >= 11 is 0. The minimum absolute atomic E-state index is 0.133. The van der Waals surface area contributed by atoms with Crippen molar-refractivity contribution in [1.29, 1.82) is 0 Å². The Hall–Kier alpha value is -1.38. The second kappa shape index (κ2) is 5.49. The molecule has 0 aliphatic heterocycles. The van der Waals surface area contributed by atoms with E-state index in [1.807, 2.05) is 6.92 Å². The van der Waals surface area contributed by atoms with Crippen molar-refractivity contribution >= 4 is 0 Å². The van der Waals surface area contributed by atoms with Crippen LogP contribution in [0.3, 0.4) is 0 Å². The Kier molecular flexibility index (Phi) is 4.28. The zero-order valence-corrected chi connectivity index (χ0v) is 9.29. The molecule has 0 heterocycles. The van der Waals surface area contributed by atoms with Gasteiger partial charge in [-0.25, -0.2) is 0 Å². The fourth-order valence-corrected chi connectivity index (χ4v) is 1.37. The van der Waals surface area contributed by atoms with Crippen LogP contribution in [0, 0.1) is 6.92 Å². The van der Waals surface area contributed by atoms with Gasteiger partial charge in [0.15, 0.2) is 11.5 Å². The van der Waals surface area contributed by atoms with E-state index in [4.69, 9.17) is 4.74 Å². The molecule has 0 saturated heterocycles.